The number of rotatable bonds is 5. The second kappa shape index (κ2) is 6.93. The summed E-state index contributed by atoms with van der Waals surface area (Å²) in [6, 6.07) is 14.0. The van der Waals surface area contributed by atoms with Gasteiger partial charge >= 0.3 is 0 Å². The first kappa shape index (κ1) is 17.0. The third-order valence-electron chi connectivity index (χ3n) is 3.87. The Hall–Kier alpha value is -3.88. The highest BCUT2D eigenvalue weighted by molar-refractivity contribution is 6.05. The molecule has 0 saturated carbocycles. The van der Waals surface area contributed by atoms with Crippen molar-refractivity contribution in [2.75, 3.05) is 5.32 Å². The lowest BCUT2D eigenvalue weighted by atomic mass is 10.2. The maximum Gasteiger partial charge on any atom is 0.269 e. The van der Waals surface area contributed by atoms with Crippen LogP contribution in [0.15, 0.2) is 53.6 Å². The van der Waals surface area contributed by atoms with Gasteiger partial charge in [0.25, 0.3) is 5.69 Å². The molecule has 0 unspecified atom stereocenters. The highest BCUT2D eigenvalue weighted by Gasteiger charge is 2.14. The molecule has 0 aliphatic heterocycles. The number of nitrogens with zero attached hydrogens (tertiary/aromatic N) is 3. The maximum absolute atomic E-state index is 10.8. The predicted molar refractivity (Wildman–Crippen MR) is 102 cm³/mol. The molecule has 1 aromatic heterocycles. The van der Waals surface area contributed by atoms with Gasteiger partial charge < -0.3 is 15.6 Å². The number of fused-ring (bicyclic) bond motifs is 1. The Balaban J connectivity index is 2.03. The SMILES string of the molecule is Cn1c(C=NNC(=N)N)c(Nc2ccc([N+](=O)[O-])cc2)c2ccccc21. The topological polar surface area (TPSA) is 134 Å². The summed E-state index contributed by atoms with van der Waals surface area (Å²) in [6.07, 6.45) is 1.56. The number of hydrazone groups is 1. The van der Waals surface area contributed by atoms with Gasteiger partial charge in [-0.1, -0.05) is 18.2 Å². The number of benzene rings is 2. The van der Waals surface area contributed by atoms with E-state index in [1.54, 1.807) is 18.3 Å². The van der Waals surface area contributed by atoms with Gasteiger partial charge in [0.1, 0.15) is 0 Å². The van der Waals surface area contributed by atoms with Gasteiger partial charge in [0.05, 0.1) is 28.0 Å². The number of non-ortho nitro benzene ring substituents is 1. The number of nitro benzene ring substituents is 1. The summed E-state index contributed by atoms with van der Waals surface area (Å²) in [5.41, 5.74) is 10.9. The van der Waals surface area contributed by atoms with Crippen molar-refractivity contribution in [2.45, 2.75) is 0 Å². The second-order valence-corrected chi connectivity index (χ2v) is 5.55. The van der Waals surface area contributed by atoms with Gasteiger partial charge in [-0.3, -0.25) is 15.5 Å². The first-order chi connectivity index (χ1) is 12.5. The predicted octanol–water partition coefficient (Wildman–Crippen LogP) is 2.65. The van der Waals surface area contributed by atoms with Crippen LogP contribution in [0.25, 0.3) is 10.9 Å². The van der Waals surface area contributed by atoms with Crippen LogP contribution in [-0.2, 0) is 7.05 Å². The van der Waals surface area contributed by atoms with Crippen molar-refractivity contribution in [3.8, 4) is 0 Å². The normalized spacial score (nSPS) is 11.0. The number of aromatic nitrogens is 1. The first-order valence-corrected chi connectivity index (χ1v) is 7.69. The van der Waals surface area contributed by atoms with E-state index in [1.165, 1.54) is 12.1 Å². The minimum Gasteiger partial charge on any atom is -0.369 e. The minimum atomic E-state index is -0.437. The second-order valence-electron chi connectivity index (χ2n) is 5.55. The summed E-state index contributed by atoms with van der Waals surface area (Å²) in [4.78, 5) is 10.4. The molecule has 3 rings (SSSR count). The molecule has 0 aliphatic carbocycles. The molecule has 5 N–H and O–H groups in total. The molecule has 0 fully saturated rings. The number of nitrogens with two attached hydrogens (primary N) is 1. The Morgan fingerprint density at radius 3 is 2.62 bits per heavy atom. The van der Waals surface area contributed by atoms with E-state index < -0.39 is 4.92 Å². The summed E-state index contributed by atoms with van der Waals surface area (Å²) >= 11 is 0. The molecule has 26 heavy (non-hydrogen) atoms. The smallest absolute Gasteiger partial charge is 0.269 e. The number of aryl methyl sites for hydroxylation is 1. The van der Waals surface area contributed by atoms with Gasteiger partial charge in [-0.05, 0) is 18.2 Å². The van der Waals surface area contributed by atoms with Crippen molar-refractivity contribution in [1.29, 1.82) is 5.41 Å². The molecule has 9 heteroatoms. The van der Waals surface area contributed by atoms with E-state index >= 15 is 0 Å². The molecule has 0 atom stereocenters. The van der Waals surface area contributed by atoms with Crippen molar-refractivity contribution in [2.24, 2.45) is 17.9 Å². The molecule has 2 aromatic carbocycles. The Bertz CT molecular complexity index is 1010. The number of nitro groups is 1. The van der Waals surface area contributed by atoms with Gasteiger partial charge in [0.15, 0.2) is 0 Å². The van der Waals surface area contributed by atoms with Gasteiger partial charge in [-0.25, -0.2) is 5.43 Å². The molecular weight excluding hydrogens is 334 g/mol. The van der Waals surface area contributed by atoms with Crippen molar-refractivity contribution < 1.29 is 4.92 Å². The average Bonchev–Trinajstić information content (AvgIpc) is 2.88. The van der Waals surface area contributed by atoms with Crippen LogP contribution in [0.4, 0.5) is 17.1 Å². The molecule has 0 saturated heterocycles. The third-order valence-corrected chi connectivity index (χ3v) is 3.87. The molecule has 0 bridgehead atoms. The van der Waals surface area contributed by atoms with Crippen LogP contribution in [0.1, 0.15) is 5.69 Å². The lowest BCUT2D eigenvalue weighted by molar-refractivity contribution is -0.384. The van der Waals surface area contributed by atoms with Crippen molar-refractivity contribution in [3.05, 3.63) is 64.3 Å². The highest BCUT2D eigenvalue weighted by atomic mass is 16.6. The number of nitrogens with one attached hydrogen (secondary N) is 3. The largest absolute Gasteiger partial charge is 0.369 e. The number of anilines is 2. The maximum atomic E-state index is 10.8. The number of hydrogen-bond donors (Lipinski definition) is 4. The lowest BCUT2D eigenvalue weighted by Gasteiger charge is -2.07. The van der Waals surface area contributed by atoms with Gasteiger partial charge in [-0.2, -0.15) is 5.10 Å². The van der Waals surface area contributed by atoms with E-state index in [4.69, 9.17) is 11.1 Å². The average molecular weight is 351 g/mol. The summed E-state index contributed by atoms with van der Waals surface area (Å²) in [6.45, 7) is 0. The van der Waals surface area contributed by atoms with E-state index in [2.05, 4.69) is 15.8 Å². The Morgan fingerprint density at radius 1 is 1.27 bits per heavy atom. The van der Waals surface area contributed by atoms with Crippen LogP contribution in [-0.4, -0.2) is 21.7 Å². The van der Waals surface area contributed by atoms with E-state index in [-0.39, 0.29) is 11.6 Å². The molecule has 3 aromatic rings. The van der Waals surface area contributed by atoms with Crippen LogP contribution in [0, 0.1) is 15.5 Å². The fourth-order valence-corrected chi connectivity index (χ4v) is 2.67. The standard InChI is InChI=1S/C17H17N7O2/c1-23-14-5-3-2-4-13(14)16(15(23)10-20-22-17(18)19)21-11-6-8-12(9-7-11)24(25)26/h2-10,21H,1H3,(H4,18,19,22). The van der Waals surface area contributed by atoms with Crippen molar-refractivity contribution in [3.63, 3.8) is 0 Å². The zero-order valence-electron chi connectivity index (χ0n) is 13.9. The minimum absolute atomic E-state index is 0.0286. The van der Waals surface area contributed by atoms with Crippen molar-refractivity contribution in [1.82, 2.24) is 9.99 Å². The van der Waals surface area contributed by atoms with E-state index in [9.17, 15) is 10.1 Å². The lowest BCUT2D eigenvalue weighted by Crippen LogP contribution is -2.25. The first-order valence-electron chi connectivity index (χ1n) is 7.69. The van der Waals surface area contributed by atoms with Crippen LogP contribution >= 0.6 is 0 Å². The van der Waals surface area contributed by atoms with E-state index in [0.29, 0.717) is 5.69 Å². The Kier molecular flexibility index (Phi) is 4.52. The number of hydrogen-bond acceptors (Lipinski definition) is 5. The fraction of sp³-hybridized carbons (Fsp3) is 0.0588. The molecule has 1 heterocycles. The van der Waals surface area contributed by atoms with E-state index in [1.807, 2.05) is 35.9 Å². The van der Waals surface area contributed by atoms with Crippen LogP contribution in [0.2, 0.25) is 0 Å². The molecule has 0 spiro atoms. The van der Waals surface area contributed by atoms with E-state index in [0.717, 1.165) is 22.3 Å². The summed E-state index contributed by atoms with van der Waals surface area (Å²) < 4.78 is 1.95. The molecule has 132 valence electrons. The van der Waals surface area contributed by atoms with Crippen LogP contribution < -0.4 is 16.5 Å². The number of guanidine groups is 1. The zero-order chi connectivity index (χ0) is 18.7. The third kappa shape index (κ3) is 3.31. The van der Waals surface area contributed by atoms with Gasteiger partial charge in [0.2, 0.25) is 5.96 Å². The summed E-state index contributed by atoms with van der Waals surface area (Å²) in [7, 11) is 1.90. The quantitative estimate of drug-likeness (QED) is 0.243. The molecule has 0 radical (unpaired) electrons. The zero-order valence-corrected chi connectivity index (χ0v) is 13.9. The molecule has 9 nitrogen and oxygen atoms in total. The Labute approximate surface area is 148 Å². The fourth-order valence-electron chi connectivity index (χ4n) is 2.67. The van der Waals surface area contributed by atoms with Crippen LogP contribution in [0.5, 0.6) is 0 Å². The van der Waals surface area contributed by atoms with Crippen molar-refractivity contribution >= 4 is 40.1 Å². The van der Waals surface area contributed by atoms with Gasteiger partial charge in [0, 0.05) is 30.3 Å². The van der Waals surface area contributed by atoms with Gasteiger partial charge in [-0.15, -0.1) is 0 Å². The van der Waals surface area contributed by atoms with Crippen LogP contribution in [0.3, 0.4) is 0 Å². The highest BCUT2D eigenvalue weighted by Crippen LogP contribution is 2.32. The number of para-hydroxylation sites is 1. The molecule has 0 amide bonds. The monoisotopic (exact) mass is 351 g/mol. The summed E-state index contributed by atoms with van der Waals surface area (Å²) in [5, 5.41) is 26.2. The Morgan fingerprint density at radius 2 is 1.96 bits per heavy atom. The molecule has 0 aliphatic rings. The summed E-state index contributed by atoms with van der Waals surface area (Å²) in [5.74, 6) is -0.259. The molecular formula is C17H17N7O2.